The summed E-state index contributed by atoms with van der Waals surface area (Å²) in [5.74, 6) is 0.181. The maximum absolute atomic E-state index is 10.0. The number of hydrogen-bond acceptors (Lipinski definition) is 2. The van der Waals surface area contributed by atoms with Crippen molar-refractivity contribution in [3.05, 3.63) is 29.8 Å². The van der Waals surface area contributed by atoms with E-state index in [1.165, 1.54) is 12.1 Å². The Kier molecular flexibility index (Phi) is 2.21. The molecular weight excluding hydrogens is 383 g/mol. The Morgan fingerprint density at radius 3 is 2.10 bits per heavy atom. The van der Waals surface area contributed by atoms with Gasteiger partial charge in [0.2, 0.25) is 0 Å². The minimum absolute atomic E-state index is 0. The second-order valence-corrected chi connectivity index (χ2v) is 1.71. The molecule has 0 fully saturated rings. The van der Waals surface area contributed by atoms with E-state index in [-0.39, 0.29) is 5.75 Å². The van der Waals surface area contributed by atoms with E-state index in [1.807, 2.05) is 0 Å². The van der Waals surface area contributed by atoms with Crippen molar-refractivity contribution in [3.8, 4) is 5.75 Å². The van der Waals surface area contributed by atoms with Crippen molar-refractivity contribution in [3.63, 3.8) is 0 Å². The van der Waals surface area contributed by atoms with E-state index in [0.29, 0.717) is 5.56 Å². The second kappa shape index (κ2) is 2.87. The quantitative estimate of drug-likeness (QED) is 0.734. The molecule has 0 aliphatic heterocycles. The second-order valence-electron chi connectivity index (χ2n) is 1.71. The van der Waals surface area contributed by atoms with Crippen molar-refractivity contribution in [2.24, 2.45) is 0 Å². The van der Waals surface area contributed by atoms with Crippen molar-refractivity contribution < 1.29 is 9.90 Å². The maximum atomic E-state index is 10.0. The van der Waals surface area contributed by atoms with Gasteiger partial charge in [-0.1, -0.05) is 0 Å². The molecular formula is C7H6O2Rf. The molecule has 2 nitrogen and oxygen atoms in total. The molecule has 0 aliphatic rings. The Balaban J connectivity index is 0.000000810. The zero-order valence-corrected chi connectivity index (χ0v) is 11.8. The molecule has 48 valence electrons. The zero-order valence-electron chi connectivity index (χ0n) is 5.45. The molecule has 0 aromatic heterocycles. The summed E-state index contributed by atoms with van der Waals surface area (Å²) in [6.07, 6.45) is 0.736. The van der Waals surface area contributed by atoms with Gasteiger partial charge in [-0.3, -0.25) is 4.79 Å². The van der Waals surface area contributed by atoms with E-state index >= 15 is 0 Å². The van der Waals surface area contributed by atoms with Crippen molar-refractivity contribution >= 4 is 6.29 Å². The number of carbonyl (C=O) groups excluding carboxylic acids is 1. The largest absolute Gasteiger partial charge is 0.508 e. The van der Waals surface area contributed by atoms with Gasteiger partial charge in [-0.05, 0) is 24.3 Å². The number of benzene rings is 1. The van der Waals surface area contributed by atoms with Crippen LogP contribution in [-0.2, 0) is 0 Å². The number of rotatable bonds is 1. The van der Waals surface area contributed by atoms with Gasteiger partial charge in [0, 0.05) is 5.56 Å². The summed E-state index contributed by atoms with van der Waals surface area (Å²) in [5, 5.41) is 8.74. The van der Waals surface area contributed by atoms with Gasteiger partial charge >= 0.3 is 0 Å². The molecule has 3 heteroatoms. The fourth-order valence-corrected chi connectivity index (χ4v) is 0.553. The predicted molar refractivity (Wildman–Crippen MR) is 33.5 cm³/mol. The fourth-order valence-electron chi connectivity index (χ4n) is 0.553. The minimum Gasteiger partial charge on any atom is -0.508 e. The van der Waals surface area contributed by atoms with E-state index < -0.39 is 0 Å². The van der Waals surface area contributed by atoms with Gasteiger partial charge in [-0.15, -0.1) is 0 Å². The smallest absolute Gasteiger partial charge is 0.150 e. The van der Waals surface area contributed by atoms with Crippen LogP contribution in [0.15, 0.2) is 24.3 Å². The number of carbonyl (C=O) groups is 1. The summed E-state index contributed by atoms with van der Waals surface area (Å²) in [4.78, 5) is 10.0. The Morgan fingerprint density at radius 2 is 1.70 bits per heavy atom. The van der Waals surface area contributed by atoms with Crippen molar-refractivity contribution in [2.45, 2.75) is 0 Å². The molecule has 1 aromatic carbocycles. The van der Waals surface area contributed by atoms with Crippen molar-refractivity contribution in [1.29, 1.82) is 0 Å². The normalized spacial score (nSPS) is 8.00. The summed E-state index contributed by atoms with van der Waals surface area (Å²) in [6, 6.07) is 6.07. The number of phenols is 1. The van der Waals surface area contributed by atoms with Crippen LogP contribution in [0.2, 0.25) is 0 Å². The van der Waals surface area contributed by atoms with E-state index in [2.05, 4.69) is 0 Å². The number of phenolic OH excluding ortho intramolecular Hbond substituents is 1. The summed E-state index contributed by atoms with van der Waals surface area (Å²) >= 11 is 0. The van der Waals surface area contributed by atoms with Crippen LogP contribution in [0.5, 0.6) is 5.75 Å². The summed E-state index contributed by atoms with van der Waals surface area (Å²) in [6.45, 7) is 0. The first-order valence-corrected chi connectivity index (χ1v) is 2.57. The van der Waals surface area contributed by atoms with Crippen molar-refractivity contribution in [1.82, 2.24) is 0 Å². The van der Waals surface area contributed by atoms with E-state index in [9.17, 15) is 4.79 Å². The Morgan fingerprint density at radius 1 is 1.20 bits per heavy atom. The summed E-state index contributed by atoms with van der Waals surface area (Å²) in [7, 11) is 0. The van der Waals surface area contributed by atoms with Crippen LogP contribution < -0.4 is 0 Å². The Labute approximate surface area is 52.8 Å². The first-order valence-electron chi connectivity index (χ1n) is 2.57. The first kappa shape index (κ1) is 7.69. The molecule has 0 amide bonds. The average molecular weight is 389 g/mol. The Bertz CT molecular complexity index is 205. The molecule has 0 radical (unpaired) electrons. The standard InChI is InChI=1S/C7H6O2.Rf/c8-5-6-1-3-7(9)4-2-6;/h1-5,9H;. The molecule has 0 saturated carbocycles. The molecule has 1 aromatic rings. The van der Waals surface area contributed by atoms with Gasteiger partial charge < -0.3 is 5.11 Å². The van der Waals surface area contributed by atoms with Gasteiger partial charge in [0.05, 0.1) is 0 Å². The first-order chi connectivity index (χ1) is 4.33. The molecule has 0 spiro atoms. The molecule has 10 heavy (non-hydrogen) atoms. The molecule has 0 atom stereocenters. The van der Waals surface area contributed by atoms with Gasteiger partial charge in [0.15, 0.2) is 0 Å². The molecule has 0 heterocycles. The summed E-state index contributed by atoms with van der Waals surface area (Å²) in [5.41, 5.74) is 0.577. The van der Waals surface area contributed by atoms with Crippen LogP contribution in [0.1, 0.15) is 10.4 Å². The van der Waals surface area contributed by atoms with Gasteiger partial charge in [0.25, 0.3) is 0 Å². The van der Waals surface area contributed by atoms with Gasteiger partial charge in [0.1, 0.15) is 12.0 Å². The van der Waals surface area contributed by atoms with Crippen LogP contribution in [0.4, 0.5) is 0 Å². The van der Waals surface area contributed by atoms with Crippen LogP contribution in [-0.4, -0.2) is 11.4 Å². The predicted octanol–water partition coefficient (Wildman–Crippen LogP) is 1.20. The number of aromatic hydroxyl groups is 1. The molecule has 1 rings (SSSR count). The van der Waals surface area contributed by atoms with Crippen LogP contribution in [0.25, 0.3) is 0 Å². The van der Waals surface area contributed by atoms with Gasteiger partial charge in [-0.25, -0.2) is 0 Å². The van der Waals surface area contributed by atoms with E-state index in [1.54, 1.807) is 12.1 Å². The maximum Gasteiger partial charge on any atom is 0.150 e. The molecule has 0 aliphatic carbocycles. The van der Waals surface area contributed by atoms with E-state index in [0.717, 1.165) is 6.29 Å². The Hall–Kier alpha value is -2.31. The third-order valence-electron chi connectivity index (χ3n) is 1.03. The third kappa shape index (κ3) is 1.33. The summed E-state index contributed by atoms with van der Waals surface area (Å²) < 4.78 is 0. The van der Waals surface area contributed by atoms with Crippen LogP contribution >= 0.6 is 0 Å². The molecule has 1 N–H and O–H groups in total. The SMILES string of the molecule is O=Cc1ccc(O)cc1.[Rf]. The van der Waals surface area contributed by atoms with E-state index in [4.69, 9.17) is 5.11 Å². The minimum atomic E-state index is 0. The topological polar surface area (TPSA) is 37.3 Å². The van der Waals surface area contributed by atoms with Crippen molar-refractivity contribution in [2.75, 3.05) is 0 Å². The zero-order chi connectivity index (χ0) is 6.69. The fraction of sp³-hybridized carbons (Fsp3) is 0. The molecule has 0 unspecified atom stereocenters. The van der Waals surface area contributed by atoms with Crippen LogP contribution in [0.3, 0.4) is 0 Å². The average Bonchev–Trinajstić information content (AvgIpc) is 1.90. The molecule has 0 saturated heterocycles. The van der Waals surface area contributed by atoms with Gasteiger partial charge in [-0.2, -0.15) is 0 Å². The number of hydrogen-bond donors (Lipinski definition) is 1. The number of aldehydes is 1. The van der Waals surface area contributed by atoms with Crippen LogP contribution in [0, 0.1) is 0 Å². The molecule has 0 bridgehead atoms. The monoisotopic (exact) mass is 389 g/mol. The third-order valence-corrected chi connectivity index (χ3v) is 1.03.